The van der Waals surface area contributed by atoms with E-state index >= 15 is 0 Å². The highest BCUT2D eigenvalue weighted by Gasteiger charge is 2.32. The smallest absolute Gasteiger partial charge is 0.0796 e. The summed E-state index contributed by atoms with van der Waals surface area (Å²) in [6, 6.07) is 135. The van der Waals surface area contributed by atoms with E-state index in [1.807, 2.05) is 0 Å². The van der Waals surface area contributed by atoms with Gasteiger partial charge in [0, 0.05) is 96.2 Å². The third-order valence-corrected chi connectivity index (χ3v) is 27.8. The van der Waals surface area contributed by atoms with Crippen LogP contribution in [0.1, 0.15) is 123 Å². The zero-order valence-corrected chi connectivity index (χ0v) is 75.4. The minimum atomic E-state index is -0.0877. The highest BCUT2D eigenvalue weighted by Crippen LogP contribution is 2.47. The van der Waals surface area contributed by atoms with Crippen molar-refractivity contribution in [1.82, 2.24) is 13.7 Å². The van der Waals surface area contributed by atoms with Crippen LogP contribution in [-0.2, 0) is 23.7 Å². The Morgan fingerprint density at radius 2 is 0.762 bits per heavy atom. The highest BCUT2D eigenvalue weighted by molar-refractivity contribution is 7.79. The van der Waals surface area contributed by atoms with Crippen LogP contribution >= 0.6 is 12.8 Å². The molecule has 0 saturated carbocycles. The van der Waals surface area contributed by atoms with Gasteiger partial charge >= 0.3 is 0 Å². The van der Waals surface area contributed by atoms with E-state index in [1.165, 1.54) is 161 Å². The monoisotopic (exact) mass is 1690 g/mol. The Bertz CT molecular complexity index is 7530. The van der Waals surface area contributed by atoms with E-state index in [1.54, 1.807) is 0 Å². The lowest BCUT2D eigenvalue weighted by atomic mass is 9.84. The molecule has 0 N–H and O–H groups in total. The van der Waals surface area contributed by atoms with Crippen LogP contribution in [-0.4, -0.2) is 19.4 Å². The molecule has 0 fully saturated rings. The van der Waals surface area contributed by atoms with Gasteiger partial charge < -0.3 is 23.5 Å². The van der Waals surface area contributed by atoms with Crippen LogP contribution in [0, 0.1) is 5.92 Å². The standard InChI is InChI=1S/C123H102N6S/c1-81-107(73-76-118(121(81)124-130)126(99-25-15-10-16-26-99)103-59-41-87(42-60-103)86-39-57-100(58-40-86)125(101-67-53-97(54-68-101)122(2,3)4)102-69-55-98(56-70-102)123(5,6)7)92-47-65-104(66-48-92)127-116-74-51-93(88-31-35-90(36-32-88)95-49-71-110-108-27-17-19-29-114(108)128(119(110)79-95)105-61-43-84(44-62-105)82-21-11-8-12-22-82)77-112(116)113-78-94(52-75-117(113)127)89-33-37-91(38-34-89)96-50-72-111-109-28-18-20-30-115(109)129(120(111)80-96)106-63-45-85(46-64-106)83-23-13-9-14-24-83/h8-17,19-27,29-39,41-77,79-81,86,94,130H,18,28,40,78H2,1-7H3/b124-121+/t81-,86?,94?/m1/s1. The molecule has 0 spiro atoms. The summed E-state index contributed by atoms with van der Waals surface area (Å²) in [6.45, 7) is 15.9. The Labute approximate surface area is 768 Å². The predicted molar refractivity (Wildman–Crippen MR) is 555 cm³/mol. The van der Waals surface area contributed by atoms with Gasteiger partial charge in [-0.2, -0.15) is 0 Å². The largest absolute Gasteiger partial charge is 0.311 e. The van der Waals surface area contributed by atoms with Crippen LogP contribution in [0.5, 0.6) is 0 Å². The average Bonchev–Trinajstić information content (AvgIpc) is 1.58. The summed E-state index contributed by atoms with van der Waals surface area (Å²) < 4.78 is 12.3. The maximum Gasteiger partial charge on any atom is 0.0796 e. The van der Waals surface area contributed by atoms with Crippen molar-refractivity contribution in [2.75, 3.05) is 9.80 Å². The summed E-state index contributed by atoms with van der Waals surface area (Å²) >= 11 is 4.83. The Kier molecular flexibility index (Phi) is 20.9. The van der Waals surface area contributed by atoms with E-state index < -0.39 is 0 Å². The number of nitrogens with zero attached hydrogens (tertiary/aromatic N) is 6. The molecule has 0 aliphatic heterocycles. The third kappa shape index (κ3) is 15.0. The van der Waals surface area contributed by atoms with Crippen molar-refractivity contribution in [3.8, 4) is 72.7 Å². The Morgan fingerprint density at radius 3 is 1.34 bits per heavy atom. The van der Waals surface area contributed by atoms with Crippen LogP contribution in [0.4, 0.5) is 22.7 Å². The van der Waals surface area contributed by atoms with Crippen molar-refractivity contribution in [2.24, 2.45) is 10.3 Å². The first-order valence-electron chi connectivity index (χ1n) is 45.9. The maximum atomic E-state index is 4.88. The van der Waals surface area contributed by atoms with Crippen molar-refractivity contribution in [1.29, 1.82) is 0 Å². The minimum Gasteiger partial charge on any atom is -0.311 e. The lowest BCUT2D eigenvalue weighted by Crippen LogP contribution is -2.29. The summed E-state index contributed by atoms with van der Waals surface area (Å²) in [5, 5.41) is 5.07. The minimum absolute atomic E-state index is 0.0578. The fourth-order valence-electron chi connectivity index (χ4n) is 20.5. The number of aromatic nitrogens is 3. The van der Waals surface area contributed by atoms with Crippen LogP contribution in [0.15, 0.2) is 422 Å². The summed E-state index contributed by atoms with van der Waals surface area (Å²) in [7, 11) is 0. The molecular formula is C123H102N6S. The molecule has 4 aliphatic carbocycles. The van der Waals surface area contributed by atoms with Crippen LogP contribution in [0.3, 0.4) is 0 Å². The molecule has 3 heterocycles. The molecule has 22 rings (SSSR count). The van der Waals surface area contributed by atoms with Gasteiger partial charge in [0.1, 0.15) is 0 Å². The third-order valence-electron chi connectivity index (χ3n) is 27.6. The first-order chi connectivity index (χ1) is 63.6. The number of rotatable bonds is 17. The van der Waals surface area contributed by atoms with E-state index in [4.69, 9.17) is 17.2 Å². The predicted octanol–water partition coefficient (Wildman–Crippen LogP) is 32.7. The normalized spacial score (nSPS) is 15.9. The van der Waals surface area contributed by atoms with Crippen LogP contribution in [0.2, 0.25) is 0 Å². The number of para-hydroxylation sites is 2. The average molecular weight is 1700 g/mol. The van der Waals surface area contributed by atoms with Gasteiger partial charge in [0.05, 0.1) is 33.5 Å². The second-order valence-corrected chi connectivity index (χ2v) is 37.7. The summed E-state index contributed by atoms with van der Waals surface area (Å²) in [5.74, 6) is 0.275. The van der Waals surface area contributed by atoms with Crippen molar-refractivity contribution in [2.45, 2.75) is 96.8 Å². The van der Waals surface area contributed by atoms with Crippen molar-refractivity contribution >= 4 is 103 Å². The number of hydrogen-bond donors (Lipinski definition) is 1. The van der Waals surface area contributed by atoms with E-state index in [0.29, 0.717) is 0 Å². The molecule has 0 radical (unpaired) electrons. The Hall–Kier alpha value is -14.8. The van der Waals surface area contributed by atoms with Gasteiger partial charge in [0.15, 0.2) is 0 Å². The van der Waals surface area contributed by atoms with Crippen LogP contribution < -0.4 is 9.80 Å². The molecule has 0 bridgehead atoms. The van der Waals surface area contributed by atoms with Crippen LogP contribution in [0.25, 0.3) is 134 Å². The number of hydrogen-bond acceptors (Lipinski definition) is 4. The SMILES string of the molecule is C[C@@H]1C(c2ccc(-n3c4c(c5cc(-c6ccc(-c7ccc8c9ccccc9n(-c9ccc(-c%10ccccc%10)cc9)c8c7)cc6)ccc53)CC(c3ccc(-c5ccc6c7c(n(-c8ccc(-c9ccccc9)cc8)c6c5)C=CCC7)cc3)C=C4)cc2)=CC=C(N(c2ccccc2)c2ccc(C3C=CC(N(c4ccc(C(C)(C)C)cc4)c4ccc(C(C)(C)C)cc4)=CC3)cc2)/C1=N/S. The summed E-state index contributed by atoms with van der Waals surface area (Å²) in [4.78, 5) is 4.75. The number of fused-ring (bicyclic) bond motifs is 9. The van der Waals surface area contributed by atoms with Gasteiger partial charge in [0.25, 0.3) is 0 Å². The highest BCUT2D eigenvalue weighted by atomic mass is 32.1. The van der Waals surface area contributed by atoms with Gasteiger partial charge in [-0.05, 0) is 289 Å². The van der Waals surface area contributed by atoms with E-state index in [9.17, 15) is 0 Å². The molecule has 630 valence electrons. The zero-order valence-electron chi connectivity index (χ0n) is 74.5. The molecular weight excluding hydrogens is 1590 g/mol. The first kappa shape index (κ1) is 81.0. The van der Waals surface area contributed by atoms with Gasteiger partial charge in [-0.25, -0.2) is 4.40 Å². The van der Waals surface area contributed by atoms with Gasteiger partial charge in [0.2, 0.25) is 0 Å². The van der Waals surface area contributed by atoms with E-state index in [2.05, 4.69) is 491 Å². The number of anilines is 4. The molecule has 18 aromatic rings. The lowest BCUT2D eigenvalue weighted by Gasteiger charge is -2.33. The number of allylic oxidation sites excluding steroid dienone is 9. The van der Waals surface area contributed by atoms with E-state index in [0.717, 1.165) is 76.8 Å². The zero-order chi connectivity index (χ0) is 87.9. The van der Waals surface area contributed by atoms with Gasteiger partial charge in [-0.3, -0.25) is 0 Å². The molecule has 6 nitrogen and oxygen atoms in total. The van der Waals surface area contributed by atoms with Gasteiger partial charge in [-0.1, -0.05) is 328 Å². The fourth-order valence-corrected chi connectivity index (χ4v) is 20.8. The molecule has 3 atom stereocenters. The molecule has 2 unspecified atom stereocenters. The second kappa shape index (κ2) is 33.5. The number of thiol groups is 1. The quantitative estimate of drug-likeness (QED) is 0.0922. The molecule has 3 aromatic heterocycles. The maximum absolute atomic E-state index is 4.88. The number of benzene rings is 15. The molecule has 15 aromatic carbocycles. The van der Waals surface area contributed by atoms with Crippen molar-refractivity contribution in [3.63, 3.8) is 0 Å². The first-order valence-corrected chi connectivity index (χ1v) is 46.3. The Balaban J connectivity index is 0.571. The fraction of sp³-hybridized carbons (Fsp3) is 0.130. The molecule has 7 heteroatoms. The van der Waals surface area contributed by atoms with Crippen molar-refractivity contribution in [3.05, 3.63) is 468 Å². The van der Waals surface area contributed by atoms with Crippen molar-refractivity contribution < 1.29 is 0 Å². The van der Waals surface area contributed by atoms with E-state index in [-0.39, 0.29) is 28.6 Å². The second-order valence-electron chi connectivity index (χ2n) is 37.5. The topological polar surface area (TPSA) is 33.6 Å². The summed E-state index contributed by atoms with van der Waals surface area (Å²) in [5.41, 5.74) is 40.5. The Morgan fingerprint density at radius 1 is 0.338 bits per heavy atom. The molecule has 0 saturated heterocycles. The molecule has 130 heavy (non-hydrogen) atoms. The number of aryl methyl sites for hydroxylation is 1. The summed E-state index contributed by atoms with van der Waals surface area (Å²) in [6.07, 6.45) is 25.0. The molecule has 0 amide bonds. The van der Waals surface area contributed by atoms with Gasteiger partial charge in [-0.15, -0.1) is 0 Å². The molecule has 4 aliphatic rings. The lowest BCUT2D eigenvalue weighted by molar-refractivity contribution is 0.590.